The zero-order valence-electron chi connectivity index (χ0n) is 12.5. The van der Waals surface area contributed by atoms with E-state index in [1.54, 1.807) is 13.4 Å². The first-order chi connectivity index (χ1) is 10.7. The monoisotopic (exact) mass is 318 g/mol. The lowest BCUT2D eigenvalue weighted by molar-refractivity contribution is -0.115. The minimum Gasteiger partial charge on any atom is -0.497 e. The Morgan fingerprint density at radius 1 is 1.41 bits per heavy atom. The molecule has 1 atom stereocenters. The molecule has 0 spiro atoms. The summed E-state index contributed by atoms with van der Waals surface area (Å²) in [6.45, 7) is 1.87. The van der Waals surface area contributed by atoms with Gasteiger partial charge in [0.1, 0.15) is 12.1 Å². The van der Waals surface area contributed by atoms with Crippen LogP contribution in [0.4, 0.5) is 5.69 Å². The van der Waals surface area contributed by atoms with Gasteiger partial charge in [-0.2, -0.15) is 0 Å². The summed E-state index contributed by atoms with van der Waals surface area (Å²) < 4.78 is 7.16. The summed E-state index contributed by atoms with van der Waals surface area (Å²) in [5, 5.41) is 11.5. The molecule has 0 saturated heterocycles. The first-order valence-corrected chi connectivity index (χ1v) is 8.06. The minimum atomic E-state index is -0.246. The first-order valence-electron chi connectivity index (χ1n) is 7.18. The summed E-state index contributed by atoms with van der Waals surface area (Å²) in [5.74, 6) is 0.707. The maximum absolute atomic E-state index is 12.3. The van der Waals surface area contributed by atoms with Crippen molar-refractivity contribution in [3.05, 3.63) is 30.6 Å². The number of thioether (sulfide) groups is 1. The molecule has 1 aliphatic rings. The Morgan fingerprint density at radius 2 is 2.14 bits per heavy atom. The van der Waals surface area contributed by atoms with Crippen molar-refractivity contribution >= 4 is 23.4 Å². The fourth-order valence-corrected chi connectivity index (χ4v) is 2.94. The molecule has 1 N–H and O–H groups in total. The Labute approximate surface area is 133 Å². The van der Waals surface area contributed by atoms with Crippen molar-refractivity contribution in [2.45, 2.75) is 36.2 Å². The average Bonchev–Trinajstić information content (AvgIpc) is 3.28. The molecule has 6 nitrogen and oxygen atoms in total. The molecule has 1 aliphatic carbocycles. The summed E-state index contributed by atoms with van der Waals surface area (Å²) in [6.07, 6.45) is 4.07. The van der Waals surface area contributed by atoms with E-state index >= 15 is 0 Å². The van der Waals surface area contributed by atoms with Crippen LogP contribution in [0.1, 0.15) is 25.8 Å². The van der Waals surface area contributed by atoms with E-state index < -0.39 is 0 Å². The van der Waals surface area contributed by atoms with Crippen LogP contribution in [-0.4, -0.2) is 33.0 Å². The SMILES string of the molecule is COc1ccc(NC(=O)[C@@H](C)Sc2nncn2C2CC2)cc1. The van der Waals surface area contributed by atoms with Crippen LogP contribution in [-0.2, 0) is 4.79 Å². The van der Waals surface area contributed by atoms with Crippen molar-refractivity contribution < 1.29 is 9.53 Å². The molecule has 1 heterocycles. The van der Waals surface area contributed by atoms with Crippen LogP contribution < -0.4 is 10.1 Å². The van der Waals surface area contributed by atoms with Crippen LogP contribution in [0.15, 0.2) is 35.7 Å². The zero-order chi connectivity index (χ0) is 15.5. The van der Waals surface area contributed by atoms with Gasteiger partial charge in [0.05, 0.1) is 12.4 Å². The summed E-state index contributed by atoms with van der Waals surface area (Å²) in [7, 11) is 1.61. The number of amides is 1. The Balaban J connectivity index is 1.60. The normalized spacial score (nSPS) is 15.4. The quantitative estimate of drug-likeness (QED) is 0.829. The minimum absolute atomic E-state index is 0.0551. The van der Waals surface area contributed by atoms with Gasteiger partial charge in [0.2, 0.25) is 5.91 Å². The van der Waals surface area contributed by atoms with Gasteiger partial charge in [-0.25, -0.2) is 0 Å². The molecule has 22 heavy (non-hydrogen) atoms. The van der Waals surface area contributed by atoms with Gasteiger partial charge in [-0.3, -0.25) is 4.79 Å². The predicted octanol–water partition coefficient (Wildman–Crippen LogP) is 2.74. The highest BCUT2D eigenvalue weighted by Gasteiger charge is 2.27. The third kappa shape index (κ3) is 3.41. The first kappa shape index (κ1) is 14.9. The predicted molar refractivity (Wildman–Crippen MR) is 85.2 cm³/mol. The second kappa shape index (κ2) is 6.39. The van der Waals surface area contributed by atoms with Crippen LogP contribution in [0.3, 0.4) is 0 Å². The molecule has 7 heteroatoms. The van der Waals surface area contributed by atoms with Crippen molar-refractivity contribution in [1.29, 1.82) is 0 Å². The summed E-state index contributed by atoms with van der Waals surface area (Å²) in [4.78, 5) is 12.3. The lowest BCUT2D eigenvalue weighted by atomic mass is 10.3. The number of carbonyl (C=O) groups is 1. The highest BCUT2D eigenvalue weighted by Crippen LogP contribution is 2.38. The molecule has 116 valence electrons. The molecule has 0 radical (unpaired) electrons. The lowest BCUT2D eigenvalue weighted by Crippen LogP contribution is -2.22. The van der Waals surface area contributed by atoms with E-state index in [4.69, 9.17) is 4.74 Å². The molecule has 0 aliphatic heterocycles. The van der Waals surface area contributed by atoms with Gasteiger partial charge in [0.15, 0.2) is 5.16 Å². The van der Waals surface area contributed by atoms with Gasteiger partial charge in [-0.1, -0.05) is 11.8 Å². The standard InChI is InChI=1S/C15H18N4O2S/c1-10(22-15-18-16-9-19(15)12-5-6-12)14(20)17-11-3-7-13(21-2)8-4-11/h3-4,7-10,12H,5-6H2,1-2H3,(H,17,20)/t10-/m1/s1. The number of anilines is 1. The van der Waals surface area contributed by atoms with E-state index in [0.29, 0.717) is 6.04 Å². The molecule has 3 rings (SSSR count). The van der Waals surface area contributed by atoms with Crippen molar-refractivity contribution in [2.24, 2.45) is 0 Å². The molecular formula is C15H18N4O2S. The van der Waals surface area contributed by atoms with Crippen LogP contribution >= 0.6 is 11.8 Å². The Morgan fingerprint density at radius 3 is 2.77 bits per heavy atom. The molecule has 0 bridgehead atoms. The number of carbonyl (C=O) groups excluding carboxylic acids is 1. The van der Waals surface area contributed by atoms with Gasteiger partial charge in [-0.15, -0.1) is 10.2 Å². The van der Waals surface area contributed by atoms with Crippen LogP contribution in [0.25, 0.3) is 0 Å². The Hall–Kier alpha value is -2.02. The number of rotatable bonds is 6. The highest BCUT2D eigenvalue weighted by molar-refractivity contribution is 8.00. The van der Waals surface area contributed by atoms with Crippen LogP contribution in [0.5, 0.6) is 5.75 Å². The maximum Gasteiger partial charge on any atom is 0.237 e. The van der Waals surface area contributed by atoms with Gasteiger partial charge in [-0.05, 0) is 44.0 Å². The van der Waals surface area contributed by atoms with Crippen LogP contribution in [0.2, 0.25) is 0 Å². The number of nitrogens with zero attached hydrogens (tertiary/aromatic N) is 3. The van der Waals surface area contributed by atoms with E-state index in [-0.39, 0.29) is 11.2 Å². The molecule has 1 aromatic heterocycles. The molecule has 2 aromatic rings. The third-order valence-electron chi connectivity index (χ3n) is 3.49. The van der Waals surface area contributed by atoms with Gasteiger partial charge in [0.25, 0.3) is 0 Å². The molecule has 1 saturated carbocycles. The number of ether oxygens (including phenoxy) is 1. The highest BCUT2D eigenvalue weighted by atomic mass is 32.2. The fourth-order valence-electron chi connectivity index (χ4n) is 2.05. The molecule has 1 aromatic carbocycles. The van der Waals surface area contributed by atoms with E-state index in [0.717, 1.165) is 29.4 Å². The Bertz CT molecular complexity index is 652. The van der Waals surface area contributed by atoms with Crippen molar-refractivity contribution in [3.63, 3.8) is 0 Å². The molecule has 0 unspecified atom stereocenters. The summed E-state index contributed by atoms with van der Waals surface area (Å²) in [6, 6.07) is 7.78. The largest absolute Gasteiger partial charge is 0.497 e. The van der Waals surface area contributed by atoms with Crippen molar-refractivity contribution in [3.8, 4) is 5.75 Å². The van der Waals surface area contributed by atoms with E-state index in [1.165, 1.54) is 11.8 Å². The molecular weight excluding hydrogens is 300 g/mol. The van der Waals surface area contributed by atoms with Crippen molar-refractivity contribution in [1.82, 2.24) is 14.8 Å². The van der Waals surface area contributed by atoms with Gasteiger partial charge < -0.3 is 14.6 Å². The zero-order valence-corrected chi connectivity index (χ0v) is 13.3. The average molecular weight is 318 g/mol. The van der Waals surface area contributed by atoms with E-state index in [2.05, 4.69) is 20.1 Å². The lowest BCUT2D eigenvalue weighted by Gasteiger charge is -2.12. The second-order valence-corrected chi connectivity index (χ2v) is 6.54. The molecule has 1 fully saturated rings. The summed E-state index contributed by atoms with van der Waals surface area (Å²) in [5.41, 5.74) is 0.752. The molecule has 1 amide bonds. The number of hydrogen-bond acceptors (Lipinski definition) is 5. The second-order valence-electron chi connectivity index (χ2n) is 5.23. The topological polar surface area (TPSA) is 69.0 Å². The number of nitrogens with one attached hydrogen (secondary N) is 1. The van der Waals surface area contributed by atoms with Gasteiger partial charge >= 0.3 is 0 Å². The maximum atomic E-state index is 12.3. The fraction of sp³-hybridized carbons (Fsp3) is 0.400. The number of methoxy groups -OCH3 is 1. The smallest absolute Gasteiger partial charge is 0.237 e. The Kier molecular flexibility index (Phi) is 4.33. The number of hydrogen-bond donors (Lipinski definition) is 1. The van der Waals surface area contributed by atoms with Crippen molar-refractivity contribution in [2.75, 3.05) is 12.4 Å². The summed E-state index contributed by atoms with van der Waals surface area (Å²) >= 11 is 1.43. The van der Waals surface area contributed by atoms with Gasteiger partial charge in [0, 0.05) is 11.7 Å². The van der Waals surface area contributed by atoms with E-state index in [9.17, 15) is 4.79 Å². The number of aromatic nitrogens is 3. The number of benzene rings is 1. The van der Waals surface area contributed by atoms with E-state index in [1.807, 2.05) is 31.2 Å². The third-order valence-corrected chi connectivity index (χ3v) is 4.56. The van der Waals surface area contributed by atoms with Crippen LogP contribution in [0, 0.1) is 0 Å².